The summed E-state index contributed by atoms with van der Waals surface area (Å²) < 4.78 is 10.2. The molecule has 0 amide bonds. The molecule has 100 valence electrons. The molecule has 18 heavy (non-hydrogen) atoms. The lowest BCUT2D eigenvalue weighted by atomic mass is 9.88. The minimum Gasteiger partial charge on any atom is -0.496 e. The van der Waals surface area contributed by atoms with Crippen LogP contribution in [0.2, 0.25) is 0 Å². The minimum absolute atomic E-state index is 0. The topological polar surface area (TPSA) is 47.6 Å². The highest BCUT2D eigenvalue weighted by atomic mass is 35.5. The molecule has 1 aromatic rings. The molecule has 1 fully saturated rings. The highest BCUT2D eigenvalue weighted by molar-refractivity contribution is 5.85. The number of nitrogens with one attached hydrogen (secondary N) is 1. The van der Waals surface area contributed by atoms with E-state index in [4.69, 9.17) is 9.47 Å². The molecule has 1 aliphatic heterocycles. The molecule has 2 rings (SSSR count). The molecule has 1 heterocycles. The summed E-state index contributed by atoms with van der Waals surface area (Å²) in [6.07, 6.45) is 0. The van der Waals surface area contributed by atoms with E-state index in [2.05, 4.69) is 5.32 Å². The summed E-state index contributed by atoms with van der Waals surface area (Å²) in [4.78, 5) is 11.7. The van der Waals surface area contributed by atoms with Gasteiger partial charge in [-0.2, -0.15) is 0 Å². The van der Waals surface area contributed by atoms with Gasteiger partial charge >= 0.3 is 5.97 Å². The van der Waals surface area contributed by atoms with Crippen LogP contribution in [0.25, 0.3) is 0 Å². The van der Waals surface area contributed by atoms with E-state index in [9.17, 15) is 4.79 Å². The maximum absolute atomic E-state index is 11.7. The van der Waals surface area contributed by atoms with E-state index >= 15 is 0 Å². The van der Waals surface area contributed by atoms with E-state index in [1.807, 2.05) is 24.3 Å². The molecular weight excluding hydrogens is 254 g/mol. The molecule has 1 aliphatic rings. The quantitative estimate of drug-likeness (QED) is 0.849. The maximum Gasteiger partial charge on any atom is 0.310 e. The van der Waals surface area contributed by atoms with Crippen LogP contribution in [-0.4, -0.2) is 33.3 Å². The fourth-order valence-corrected chi connectivity index (χ4v) is 2.38. The Morgan fingerprint density at radius 2 is 2.00 bits per heavy atom. The molecule has 0 radical (unpaired) electrons. The highest BCUT2D eigenvalue weighted by Gasteiger charge is 2.36. The van der Waals surface area contributed by atoms with Gasteiger partial charge in [0.2, 0.25) is 0 Å². The van der Waals surface area contributed by atoms with Crippen molar-refractivity contribution in [2.45, 2.75) is 5.92 Å². The van der Waals surface area contributed by atoms with Gasteiger partial charge in [0.1, 0.15) is 5.75 Å². The zero-order valence-electron chi connectivity index (χ0n) is 10.5. The summed E-state index contributed by atoms with van der Waals surface area (Å²) in [5.74, 6) is 0.663. The van der Waals surface area contributed by atoms with Crippen LogP contribution in [0.1, 0.15) is 11.5 Å². The van der Waals surface area contributed by atoms with Gasteiger partial charge in [-0.05, 0) is 11.6 Å². The zero-order valence-corrected chi connectivity index (χ0v) is 11.3. The Morgan fingerprint density at radius 1 is 1.28 bits per heavy atom. The van der Waals surface area contributed by atoms with Crippen LogP contribution in [0.15, 0.2) is 24.3 Å². The second-order valence-corrected chi connectivity index (χ2v) is 4.14. The molecule has 1 N–H and O–H groups in total. The number of esters is 1. The normalized spacial score (nSPS) is 22.1. The van der Waals surface area contributed by atoms with Gasteiger partial charge in [-0.15, -0.1) is 12.4 Å². The van der Waals surface area contributed by atoms with Gasteiger partial charge in [0.05, 0.1) is 20.1 Å². The average Bonchev–Trinajstić information content (AvgIpc) is 2.86. The molecule has 2 atom stereocenters. The van der Waals surface area contributed by atoms with E-state index in [1.165, 1.54) is 7.11 Å². The first-order chi connectivity index (χ1) is 8.27. The van der Waals surface area contributed by atoms with Crippen LogP contribution >= 0.6 is 12.4 Å². The first-order valence-corrected chi connectivity index (χ1v) is 5.69. The van der Waals surface area contributed by atoms with Crippen molar-refractivity contribution >= 4 is 18.4 Å². The molecule has 0 bridgehead atoms. The van der Waals surface area contributed by atoms with Gasteiger partial charge in [-0.3, -0.25) is 4.79 Å². The minimum atomic E-state index is -0.161. The highest BCUT2D eigenvalue weighted by Crippen LogP contribution is 2.34. The van der Waals surface area contributed by atoms with Crippen molar-refractivity contribution in [1.82, 2.24) is 5.32 Å². The number of ether oxygens (including phenoxy) is 2. The van der Waals surface area contributed by atoms with Crippen molar-refractivity contribution in [1.29, 1.82) is 0 Å². The van der Waals surface area contributed by atoms with Crippen molar-refractivity contribution in [2.75, 3.05) is 27.3 Å². The molecule has 1 saturated heterocycles. The Hall–Kier alpha value is -1.26. The van der Waals surface area contributed by atoms with Crippen molar-refractivity contribution < 1.29 is 14.3 Å². The van der Waals surface area contributed by atoms with E-state index in [0.717, 1.165) is 17.9 Å². The Labute approximate surface area is 113 Å². The van der Waals surface area contributed by atoms with E-state index < -0.39 is 0 Å². The van der Waals surface area contributed by atoms with Gasteiger partial charge < -0.3 is 14.8 Å². The van der Waals surface area contributed by atoms with Crippen LogP contribution in [0, 0.1) is 5.92 Å². The molecule has 0 aromatic heterocycles. The third-order valence-corrected chi connectivity index (χ3v) is 3.26. The Balaban J connectivity index is 0.00000162. The van der Waals surface area contributed by atoms with Crippen molar-refractivity contribution in [3.8, 4) is 5.75 Å². The van der Waals surface area contributed by atoms with Crippen LogP contribution in [0.4, 0.5) is 0 Å². The number of carbonyl (C=O) groups excluding carboxylic acids is 1. The van der Waals surface area contributed by atoms with Crippen LogP contribution < -0.4 is 10.1 Å². The summed E-state index contributed by atoms with van der Waals surface area (Å²) >= 11 is 0. The first-order valence-electron chi connectivity index (χ1n) is 5.69. The van der Waals surface area contributed by atoms with Gasteiger partial charge in [-0.25, -0.2) is 0 Å². The standard InChI is InChI=1S/C13H17NO3.ClH/c1-16-12-6-4-3-5-9(12)10-7-14-8-11(10)13(15)17-2;/h3-6,10-11,14H,7-8H2,1-2H3;1H/t10-,11+;/m1./s1. The molecular formula is C13H18ClNO3. The van der Waals surface area contributed by atoms with Crippen LogP contribution in [-0.2, 0) is 9.53 Å². The number of hydrogen-bond donors (Lipinski definition) is 1. The molecule has 4 nitrogen and oxygen atoms in total. The van der Waals surface area contributed by atoms with Crippen molar-refractivity contribution in [3.63, 3.8) is 0 Å². The van der Waals surface area contributed by atoms with Crippen LogP contribution in [0.5, 0.6) is 5.75 Å². The summed E-state index contributed by atoms with van der Waals surface area (Å²) in [6.45, 7) is 1.44. The number of carbonyl (C=O) groups is 1. The third kappa shape index (κ3) is 2.76. The second kappa shape index (κ2) is 6.61. The fourth-order valence-electron chi connectivity index (χ4n) is 2.38. The van der Waals surface area contributed by atoms with Crippen LogP contribution in [0.3, 0.4) is 0 Å². The van der Waals surface area contributed by atoms with E-state index in [0.29, 0.717) is 6.54 Å². The first kappa shape index (κ1) is 14.8. The summed E-state index contributed by atoms with van der Waals surface area (Å²) in [5.41, 5.74) is 1.07. The van der Waals surface area contributed by atoms with Gasteiger partial charge in [0.15, 0.2) is 0 Å². The predicted octanol–water partition coefficient (Wildman–Crippen LogP) is 1.59. The lowest BCUT2D eigenvalue weighted by Crippen LogP contribution is -2.23. The monoisotopic (exact) mass is 271 g/mol. The SMILES string of the molecule is COC(=O)[C@H]1CNC[C@@H]1c1ccccc1OC.Cl. The lowest BCUT2D eigenvalue weighted by Gasteiger charge is -2.19. The molecule has 0 saturated carbocycles. The van der Waals surface area contributed by atoms with E-state index in [-0.39, 0.29) is 30.2 Å². The van der Waals surface area contributed by atoms with Gasteiger partial charge in [-0.1, -0.05) is 18.2 Å². The maximum atomic E-state index is 11.7. The van der Waals surface area contributed by atoms with Gasteiger partial charge in [0.25, 0.3) is 0 Å². The molecule has 1 aromatic carbocycles. The Bertz CT molecular complexity index is 411. The molecule has 5 heteroatoms. The zero-order chi connectivity index (χ0) is 12.3. The van der Waals surface area contributed by atoms with Crippen molar-refractivity contribution in [3.05, 3.63) is 29.8 Å². The van der Waals surface area contributed by atoms with Gasteiger partial charge in [0, 0.05) is 19.0 Å². The smallest absolute Gasteiger partial charge is 0.310 e. The molecule has 0 unspecified atom stereocenters. The second-order valence-electron chi connectivity index (χ2n) is 4.14. The number of benzene rings is 1. The number of rotatable bonds is 3. The lowest BCUT2D eigenvalue weighted by molar-refractivity contribution is -0.145. The molecule has 0 aliphatic carbocycles. The number of halogens is 1. The number of para-hydroxylation sites is 1. The van der Waals surface area contributed by atoms with E-state index in [1.54, 1.807) is 7.11 Å². The number of hydrogen-bond acceptors (Lipinski definition) is 4. The Morgan fingerprint density at radius 3 is 2.67 bits per heavy atom. The summed E-state index contributed by atoms with van der Waals surface area (Å²) in [6, 6.07) is 7.82. The fraction of sp³-hybridized carbons (Fsp3) is 0.462. The summed E-state index contributed by atoms with van der Waals surface area (Å²) in [5, 5.41) is 3.23. The number of methoxy groups -OCH3 is 2. The summed E-state index contributed by atoms with van der Waals surface area (Å²) in [7, 11) is 3.08. The predicted molar refractivity (Wildman–Crippen MR) is 71.4 cm³/mol. The third-order valence-electron chi connectivity index (χ3n) is 3.26. The Kier molecular flexibility index (Phi) is 5.44. The molecule has 0 spiro atoms. The van der Waals surface area contributed by atoms with Crippen molar-refractivity contribution in [2.24, 2.45) is 5.92 Å². The average molecular weight is 272 g/mol. The largest absolute Gasteiger partial charge is 0.496 e.